The normalized spacial score (nSPS) is 14.9. The summed E-state index contributed by atoms with van der Waals surface area (Å²) in [4.78, 5) is 18.5. The van der Waals surface area contributed by atoms with Crippen molar-refractivity contribution in [2.75, 3.05) is 50.2 Å². The summed E-state index contributed by atoms with van der Waals surface area (Å²) in [6, 6.07) is 23.6. The first-order valence-corrected chi connectivity index (χ1v) is 11.9. The molecule has 1 aliphatic heterocycles. The minimum atomic E-state index is -0.974. The van der Waals surface area contributed by atoms with Crippen LogP contribution in [0.25, 0.3) is 11.1 Å². The van der Waals surface area contributed by atoms with Gasteiger partial charge in [0.1, 0.15) is 11.5 Å². The second kappa shape index (κ2) is 11.1. The van der Waals surface area contributed by atoms with Crippen LogP contribution >= 0.6 is 0 Å². The number of anilines is 2. The number of benzene rings is 3. The van der Waals surface area contributed by atoms with Crippen molar-refractivity contribution in [3.63, 3.8) is 0 Å². The van der Waals surface area contributed by atoms with E-state index >= 15 is 0 Å². The van der Waals surface area contributed by atoms with Crippen LogP contribution in [0.4, 0.5) is 16.2 Å². The molecule has 0 radical (unpaired) electrons. The summed E-state index contributed by atoms with van der Waals surface area (Å²) in [6.45, 7) is 5.11. The fourth-order valence-corrected chi connectivity index (χ4v) is 4.85. The zero-order chi connectivity index (χ0) is 24.8. The number of hydrogen-bond acceptors (Lipinski definition) is 5. The van der Waals surface area contributed by atoms with Gasteiger partial charge in [-0.3, -0.25) is 9.80 Å². The lowest BCUT2D eigenvalue weighted by atomic mass is 10.0. The SMILES string of the molecule is CCC(N1CCN(c2ccccc2OC)CC1)N(C(=O)O)c1ccc(-c2ccccc2)c(OC)c1. The second-order valence-electron chi connectivity index (χ2n) is 8.49. The Balaban J connectivity index is 1.56. The third-order valence-corrected chi connectivity index (χ3v) is 6.58. The second-order valence-corrected chi connectivity index (χ2v) is 8.49. The molecule has 4 rings (SSSR count). The first kappa shape index (κ1) is 24.4. The van der Waals surface area contributed by atoms with E-state index in [2.05, 4.69) is 15.9 Å². The molecule has 7 heteroatoms. The molecule has 1 unspecified atom stereocenters. The van der Waals surface area contributed by atoms with E-state index in [0.29, 0.717) is 17.9 Å². The highest BCUT2D eigenvalue weighted by Crippen LogP contribution is 2.35. The number of hydrogen-bond donors (Lipinski definition) is 1. The molecular formula is C28H33N3O4. The smallest absolute Gasteiger partial charge is 0.413 e. The van der Waals surface area contributed by atoms with Gasteiger partial charge in [0, 0.05) is 37.8 Å². The molecule has 0 spiro atoms. The number of piperazine rings is 1. The lowest BCUT2D eigenvalue weighted by molar-refractivity contribution is 0.154. The van der Waals surface area contributed by atoms with E-state index in [4.69, 9.17) is 9.47 Å². The van der Waals surface area contributed by atoms with Gasteiger partial charge >= 0.3 is 6.09 Å². The first-order chi connectivity index (χ1) is 17.1. The number of amides is 1. The average molecular weight is 476 g/mol. The van der Waals surface area contributed by atoms with Gasteiger partial charge in [-0.05, 0) is 36.2 Å². The molecule has 1 saturated heterocycles. The summed E-state index contributed by atoms with van der Waals surface area (Å²) < 4.78 is 11.2. The standard InChI is InChI=1S/C28H33N3O4/c1-4-27(30-18-16-29(17-19-30)24-12-8-9-13-25(24)34-2)31(28(32)33)22-14-15-23(26(20-22)35-3)21-10-6-5-7-11-21/h5-15,20,27H,4,16-19H2,1-3H3,(H,32,33). The van der Waals surface area contributed by atoms with Gasteiger partial charge < -0.3 is 19.5 Å². The van der Waals surface area contributed by atoms with E-state index in [1.165, 1.54) is 4.90 Å². The Morgan fingerprint density at radius 2 is 1.57 bits per heavy atom. The number of ether oxygens (including phenoxy) is 2. The zero-order valence-corrected chi connectivity index (χ0v) is 20.6. The molecule has 3 aromatic rings. The fourth-order valence-electron chi connectivity index (χ4n) is 4.85. The van der Waals surface area contributed by atoms with E-state index in [0.717, 1.165) is 48.7 Å². The number of carboxylic acid groups (broad SMARTS) is 1. The predicted molar refractivity (Wildman–Crippen MR) is 140 cm³/mol. The molecule has 1 aliphatic rings. The maximum atomic E-state index is 12.5. The zero-order valence-electron chi connectivity index (χ0n) is 20.6. The third kappa shape index (κ3) is 5.20. The average Bonchev–Trinajstić information content (AvgIpc) is 2.91. The molecule has 0 aliphatic carbocycles. The maximum absolute atomic E-state index is 12.5. The molecule has 1 N–H and O–H groups in total. The van der Waals surface area contributed by atoms with Crippen LogP contribution in [0, 0.1) is 0 Å². The fraction of sp³-hybridized carbons (Fsp3) is 0.321. The Hall–Kier alpha value is -3.71. The highest BCUT2D eigenvalue weighted by Gasteiger charge is 2.32. The highest BCUT2D eigenvalue weighted by atomic mass is 16.5. The topological polar surface area (TPSA) is 65.5 Å². The van der Waals surface area contributed by atoms with Gasteiger partial charge in [-0.25, -0.2) is 4.79 Å². The Kier molecular flexibility index (Phi) is 7.77. The van der Waals surface area contributed by atoms with E-state index in [9.17, 15) is 9.90 Å². The van der Waals surface area contributed by atoms with Crippen molar-refractivity contribution in [2.45, 2.75) is 19.5 Å². The van der Waals surface area contributed by atoms with E-state index in [-0.39, 0.29) is 6.17 Å². The number of para-hydroxylation sites is 2. The molecule has 3 aromatic carbocycles. The van der Waals surface area contributed by atoms with E-state index in [1.54, 1.807) is 14.2 Å². The van der Waals surface area contributed by atoms with Crippen LogP contribution in [0.1, 0.15) is 13.3 Å². The van der Waals surface area contributed by atoms with Crippen molar-refractivity contribution in [2.24, 2.45) is 0 Å². The monoisotopic (exact) mass is 475 g/mol. The summed E-state index contributed by atoms with van der Waals surface area (Å²) in [7, 11) is 3.30. The molecule has 0 aromatic heterocycles. The number of methoxy groups -OCH3 is 2. The molecule has 1 atom stereocenters. The van der Waals surface area contributed by atoms with E-state index < -0.39 is 6.09 Å². The minimum absolute atomic E-state index is 0.278. The Morgan fingerprint density at radius 3 is 2.20 bits per heavy atom. The maximum Gasteiger partial charge on any atom is 0.413 e. The summed E-state index contributed by atoms with van der Waals surface area (Å²) in [5.74, 6) is 1.50. The van der Waals surface area contributed by atoms with Crippen LogP contribution < -0.4 is 19.3 Å². The molecule has 184 valence electrons. The first-order valence-electron chi connectivity index (χ1n) is 11.9. The van der Waals surface area contributed by atoms with Crippen LogP contribution in [0.5, 0.6) is 11.5 Å². The van der Waals surface area contributed by atoms with Crippen LogP contribution in [-0.2, 0) is 0 Å². The minimum Gasteiger partial charge on any atom is -0.496 e. The van der Waals surface area contributed by atoms with Gasteiger partial charge in [-0.15, -0.1) is 0 Å². The van der Waals surface area contributed by atoms with Gasteiger partial charge in [0.25, 0.3) is 0 Å². The van der Waals surface area contributed by atoms with Crippen molar-refractivity contribution in [1.82, 2.24) is 4.90 Å². The Morgan fingerprint density at radius 1 is 0.914 bits per heavy atom. The Bertz CT molecular complexity index is 1130. The molecule has 35 heavy (non-hydrogen) atoms. The molecular weight excluding hydrogens is 442 g/mol. The van der Waals surface area contributed by atoms with Gasteiger partial charge in [-0.2, -0.15) is 0 Å². The van der Waals surface area contributed by atoms with Crippen LogP contribution in [-0.4, -0.2) is 62.7 Å². The predicted octanol–water partition coefficient (Wildman–Crippen LogP) is 5.41. The van der Waals surface area contributed by atoms with Gasteiger partial charge in [0.15, 0.2) is 0 Å². The molecule has 1 fully saturated rings. The van der Waals surface area contributed by atoms with Crippen LogP contribution in [0.15, 0.2) is 72.8 Å². The largest absolute Gasteiger partial charge is 0.496 e. The summed E-state index contributed by atoms with van der Waals surface area (Å²) in [5, 5.41) is 10.2. The quantitative estimate of drug-likeness (QED) is 0.470. The number of nitrogens with zero attached hydrogens (tertiary/aromatic N) is 3. The summed E-state index contributed by atoms with van der Waals surface area (Å²) in [6.07, 6.45) is -0.581. The van der Waals surface area contributed by atoms with Crippen molar-refractivity contribution in [3.05, 3.63) is 72.8 Å². The molecule has 1 amide bonds. The number of carbonyl (C=O) groups is 1. The van der Waals surface area contributed by atoms with Crippen LogP contribution in [0.2, 0.25) is 0 Å². The van der Waals surface area contributed by atoms with Gasteiger partial charge in [0.2, 0.25) is 0 Å². The molecule has 7 nitrogen and oxygen atoms in total. The van der Waals surface area contributed by atoms with Gasteiger partial charge in [0.05, 0.1) is 31.8 Å². The summed E-state index contributed by atoms with van der Waals surface area (Å²) in [5.41, 5.74) is 3.63. The van der Waals surface area contributed by atoms with Crippen LogP contribution in [0.3, 0.4) is 0 Å². The summed E-state index contributed by atoms with van der Waals surface area (Å²) >= 11 is 0. The lowest BCUT2D eigenvalue weighted by Crippen LogP contribution is -2.57. The third-order valence-electron chi connectivity index (χ3n) is 6.58. The Labute approximate surface area is 207 Å². The van der Waals surface area contributed by atoms with Crippen molar-refractivity contribution in [1.29, 1.82) is 0 Å². The molecule has 1 heterocycles. The number of rotatable bonds is 8. The highest BCUT2D eigenvalue weighted by molar-refractivity contribution is 5.88. The van der Waals surface area contributed by atoms with Crippen molar-refractivity contribution in [3.8, 4) is 22.6 Å². The van der Waals surface area contributed by atoms with Gasteiger partial charge in [-0.1, -0.05) is 49.4 Å². The molecule has 0 bridgehead atoms. The van der Waals surface area contributed by atoms with Crippen molar-refractivity contribution >= 4 is 17.5 Å². The van der Waals surface area contributed by atoms with E-state index in [1.807, 2.05) is 73.7 Å². The van der Waals surface area contributed by atoms with Crippen molar-refractivity contribution < 1.29 is 19.4 Å². The lowest BCUT2D eigenvalue weighted by Gasteiger charge is -2.43. The molecule has 0 saturated carbocycles.